The molecule has 17 heavy (non-hydrogen) atoms. The number of carbonyl (C=O) groups excluding carboxylic acids is 1. The van der Waals surface area contributed by atoms with Crippen molar-refractivity contribution in [3.8, 4) is 0 Å². The van der Waals surface area contributed by atoms with Crippen molar-refractivity contribution in [2.45, 2.75) is 13.5 Å². The van der Waals surface area contributed by atoms with Gasteiger partial charge >= 0.3 is 6.03 Å². The Bertz CT molecular complexity index is 494. The van der Waals surface area contributed by atoms with Crippen molar-refractivity contribution in [1.29, 1.82) is 0 Å². The molecule has 0 unspecified atom stereocenters. The molecule has 0 saturated carbocycles. The number of rotatable bonds is 3. The molecule has 0 aliphatic rings. The van der Waals surface area contributed by atoms with Gasteiger partial charge in [0, 0.05) is 6.54 Å². The highest BCUT2D eigenvalue weighted by atomic mass is 16.2. The number of carbonyl (C=O) groups is 1. The molecule has 1 aromatic heterocycles. The molecule has 0 radical (unpaired) electrons. The third-order valence-electron chi connectivity index (χ3n) is 2.12. The van der Waals surface area contributed by atoms with Crippen LogP contribution in [0, 0.1) is 6.92 Å². The summed E-state index contributed by atoms with van der Waals surface area (Å²) in [5.41, 5.74) is 1.04. The van der Waals surface area contributed by atoms with Gasteiger partial charge in [0.15, 0.2) is 0 Å². The summed E-state index contributed by atoms with van der Waals surface area (Å²) in [6.07, 6.45) is 0. The molecule has 2 aromatic rings. The number of hydrogen-bond donors (Lipinski definition) is 3. The van der Waals surface area contributed by atoms with E-state index in [0.29, 0.717) is 12.4 Å². The number of aryl methyl sites for hydroxylation is 1. The minimum atomic E-state index is -0.326. The van der Waals surface area contributed by atoms with Crippen molar-refractivity contribution in [1.82, 2.24) is 20.5 Å². The molecule has 0 aliphatic carbocycles. The Morgan fingerprint density at radius 2 is 2.12 bits per heavy atom. The molecule has 0 aliphatic heterocycles. The van der Waals surface area contributed by atoms with E-state index >= 15 is 0 Å². The Balaban J connectivity index is 1.82. The van der Waals surface area contributed by atoms with Crippen molar-refractivity contribution in [2.75, 3.05) is 5.32 Å². The Morgan fingerprint density at radius 3 is 2.76 bits per heavy atom. The summed E-state index contributed by atoms with van der Waals surface area (Å²) in [5.74, 6) is 0.927. The molecule has 0 spiro atoms. The van der Waals surface area contributed by atoms with Crippen LogP contribution in [0.3, 0.4) is 0 Å². The first-order valence-electron chi connectivity index (χ1n) is 5.22. The summed E-state index contributed by atoms with van der Waals surface area (Å²) in [5, 5.41) is 11.7. The van der Waals surface area contributed by atoms with Gasteiger partial charge < -0.3 is 5.32 Å². The van der Waals surface area contributed by atoms with Crippen molar-refractivity contribution >= 4 is 12.0 Å². The predicted molar refractivity (Wildman–Crippen MR) is 63.4 cm³/mol. The summed E-state index contributed by atoms with van der Waals surface area (Å²) in [4.78, 5) is 15.4. The molecular weight excluding hydrogens is 218 g/mol. The molecule has 0 bridgehead atoms. The van der Waals surface area contributed by atoms with E-state index in [1.165, 1.54) is 0 Å². The van der Waals surface area contributed by atoms with Crippen LogP contribution in [0.2, 0.25) is 0 Å². The molecule has 6 nitrogen and oxygen atoms in total. The maximum atomic E-state index is 11.5. The summed E-state index contributed by atoms with van der Waals surface area (Å²) < 4.78 is 0. The number of nitrogens with one attached hydrogen (secondary N) is 3. The van der Waals surface area contributed by atoms with Crippen molar-refractivity contribution < 1.29 is 4.79 Å². The molecule has 88 valence electrons. The van der Waals surface area contributed by atoms with Gasteiger partial charge in [-0.3, -0.25) is 10.4 Å². The van der Waals surface area contributed by atoms with Gasteiger partial charge in [-0.25, -0.2) is 4.79 Å². The monoisotopic (exact) mass is 231 g/mol. The van der Waals surface area contributed by atoms with Gasteiger partial charge in [-0.05, 0) is 12.5 Å². The zero-order valence-electron chi connectivity index (χ0n) is 9.40. The lowest BCUT2D eigenvalue weighted by atomic mass is 10.2. The molecule has 0 fully saturated rings. The lowest BCUT2D eigenvalue weighted by molar-refractivity contribution is 0.251. The largest absolute Gasteiger partial charge is 0.334 e. The molecule has 2 amide bonds. The van der Waals surface area contributed by atoms with E-state index in [-0.39, 0.29) is 12.0 Å². The highest BCUT2D eigenvalue weighted by Gasteiger charge is 2.04. The standard InChI is InChI=1S/C11H13N5O/c1-8-13-10(16-15-8)14-11(17)12-7-9-5-3-2-4-6-9/h2-6H,7H2,1H3,(H3,12,13,14,15,16,17). The number of nitrogens with zero attached hydrogens (tertiary/aromatic N) is 2. The second-order valence-electron chi connectivity index (χ2n) is 3.54. The van der Waals surface area contributed by atoms with Crippen LogP contribution in [0.5, 0.6) is 0 Å². The Kier molecular flexibility index (Phi) is 3.34. The predicted octanol–water partition coefficient (Wildman–Crippen LogP) is 1.43. The van der Waals surface area contributed by atoms with E-state index in [0.717, 1.165) is 5.56 Å². The van der Waals surface area contributed by atoms with Gasteiger partial charge in [0.25, 0.3) is 0 Å². The molecule has 2 rings (SSSR count). The van der Waals surface area contributed by atoms with Gasteiger partial charge in [-0.15, -0.1) is 5.10 Å². The molecule has 6 heteroatoms. The summed E-state index contributed by atoms with van der Waals surface area (Å²) >= 11 is 0. The van der Waals surface area contributed by atoms with Crippen LogP contribution in [0.4, 0.5) is 10.7 Å². The number of anilines is 1. The normalized spacial score (nSPS) is 9.94. The maximum Gasteiger partial charge on any atom is 0.321 e. The second kappa shape index (κ2) is 5.11. The molecular formula is C11H13N5O. The average molecular weight is 231 g/mol. The highest BCUT2D eigenvalue weighted by molar-refractivity contribution is 5.87. The second-order valence-corrected chi connectivity index (χ2v) is 3.54. The zero-order valence-corrected chi connectivity index (χ0v) is 9.40. The fourth-order valence-electron chi connectivity index (χ4n) is 1.32. The van der Waals surface area contributed by atoms with E-state index < -0.39 is 0 Å². The van der Waals surface area contributed by atoms with Gasteiger partial charge in [0.2, 0.25) is 5.95 Å². The van der Waals surface area contributed by atoms with E-state index in [1.807, 2.05) is 30.3 Å². The van der Waals surface area contributed by atoms with Crippen LogP contribution in [0.1, 0.15) is 11.4 Å². The first kappa shape index (κ1) is 11.1. The Labute approximate surface area is 98.5 Å². The smallest absolute Gasteiger partial charge is 0.321 e. The van der Waals surface area contributed by atoms with Gasteiger partial charge in [-0.2, -0.15) is 4.98 Å². The number of amides is 2. The lowest BCUT2D eigenvalue weighted by Crippen LogP contribution is -2.28. The summed E-state index contributed by atoms with van der Waals surface area (Å²) in [7, 11) is 0. The number of urea groups is 1. The number of aromatic nitrogens is 3. The fraction of sp³-hybridized carbons (Fsp3) is 0.182. The van der Waals surface area contributed by atoms with Crippen LogP contribution < -0.4 is 10.6 Å². The summed E-state index contributed by atoms with van der Waals surface area (Å²) in [6.45, 7) is 2.23. The highest BCUT2D eigenvalue weighted by Crippen LogP contribution is 1.99. The quantitative estimate of drug-likeness (QED) is 0.747. The minimum absolute atomic E-state index is 0.271. The average Bonchev–Trinajstić information content (AvgIpc) is 2.73. The first-order chi connectivity index (χ1) is 8.24. The summed E-state index contributed by atoms with van der Waals surface area (Å²) in [6, 6.07) is 9.34. The van der Waals surface area contributed by atoms with Crippen molar-refractivity contribution in [3.63, 3.8) is 0 Å². The van der Waals surface area contributed by atoms with E-state index in [4.69, 9.17) is 0 Å². The molecule has 1 heterocycles. The van der Waals surface area contributed by atoms with E-state index in [1.54, 1.807) is 6.92 Å². The van der Waals surface area contributed by atoms with Gasteiger partial charge in [0.05, 0.1) is 0 Å². The third kappa shape index (κ3) is 3.30. The van der Waals surface area contributed by atoms with Crippen molar-refractivity contribution in [2.24, 2.45) is 0 Å². The van der Waals surface area contributed by atoms with Gasteiger partial charge in [0.1, 0.15) is 5.82 Å². The number of aromatic amines is 1. The molecule has 3 N–H and O–H groups in total. The zero-order chi connectivity index (χ0) is 12.1. The minimum Gasteiger partial charge on any atom is -0.334 e. The molecule has 1 aromatic carbocycles. The van der Waals surface area contributed by atoms with Crippen LogP contribution in [0.25, 0.3) is 0 Å². The van der Waals surface area contributed by atoms with E-state index in [2.05, 4.69) is 25.8 Å². The van der Waals surface area contributed by atoms with E-state index in [9.17, 15) is 4.79 Å². The number of hydrogen-bond acceptors (Lipinski definition) is 3. The SMILES string of the molecule is Cc1nc(NC(=O)NCc2ccccc2)n[nH]1. The third-order valence-corrected chi connectivity index (χ3v) is 2.12. The topological polar surface area (TPSA) is 82.7 Å². The lowest BCUT2D eigenvalue weighted by Gasteiger charge is -2.04. The van der Waals surface area contributed by atoms with Crippen LogP contribution in [-0.4, -0.2) is 21.2 Å². The number of H-pyrrole nitrogens is 1. The maximum absolute atomic E-state index is 11.5. The Hall–Kier alpha value is -2.37. The molecule has 0 atom stereocenters. The number of benzene rings is 1. The Morgan fingerprint density at radius 1 is 1.35 bits per heavy atom. The van der Waals surface area contributed by atoms with Gasteiger partial charge in [-0.1, -0.05) is 30.3 Å². The molecule has 0 saturated heterocycles. The first-order valence-corrected chi connectivity index (χ1v) is 5.22. The van der Waals surface area contributed by atoms with Crippen molar-refractivity contribution in [3.05, 3.63) is 41.7 Å². The van der Waals surface area contributed by atoms with Crippen LogP contribution in [-0.2, 0) is 6.54 Å². The fourth-order valence-corrected chi connectivity index (χ4v) is 1.32. The van der Waals surface area contributed by atoms with Crippen LogP contribution >= 0.6 is 0 Å². The van der Waals surface area contributed by atoms with Crippen LogP contribution in [0.15, 0.2) is 30.3 Å².